The highest BCUT2D eigenvalue weighted by Crippen LogP contribution is 2.46. The summed E-state index contributed by atoms with van der Waals surface area (Å²) < 4.78 is 5.46. The second-order valence-electron chi connectivity index (χ2n) is 10.2. The number of rotatable bonds is 6. The summed E-state index contributed by atoms with van der Waals surface area (Å²) in [6.45, 7) is 7.29. The maximum atomic E-state index is 13.1. The standard InChI is InChI=1S/C27H31ClN6O2/c1-15(2)30-27(35)21-17-3-4-18(13-17)22(21)31-23-20(28)14-29-26-24(23)32-25(33-26)16-5-7-19(8-6-16)34-9-11-36-12-10-34/h3-8,14-15,17-18,21-22H,9-13H2,1-2H3,(H,30,35)(H2,29,31,32,33)/t17-,18+,21+,22-/m1/s1. The number of halogens is 1. The van der Waals surface area contributed by atoms with Gasteiger partial charge in [-0.2, -0.15) is 0 Å². The van der Waals surface area contributed by atoms with Gasteiger partial charge in [0.05, 0.1) is 36.0 Å². The molecule has 2 fully saturated rings. The van der Waals surface area contributed by atoms with E-state index in [0.29, 0.717) is 16.2 Å². The third-order valence-electron chi connectivity index (χ3n) is 7.49. The number of anilines is 2. The molecular weight excluding hydrogens is 476 g/mol. The average molecular weight is 507 g/mol. The van der Waals surface area contributed by atoms with Gasteiger partial charge < -0.3 is 25.3 Å². The number of morpholine rings is 1. The van der Waals surface area contributed by atoms with Crippen LogP contribution in [0.4, 0.5) is 11.4 Å². The van der Waals surface area contributed by atoms with E-state index in [-0.39, 0.29) is 35.7 Å². The molecule has 3 heterocycles. The number of ether oxygens (including phenoxy) is 1. The molecular formula is C27H31ClN6O2. The van der Waals surface area contributed by atoms with E-state index in [0.717, 1.165) is 49.8 Å². The quantitative estimate of drug-likeness (QED) is 0.433. The number of nitrogens with one attached hydrogen (secondary N) is 3. The highest BCUT2D eigenvalue weighted by molar-refractivity contribution is 6.34. The van der Waals surface area contributed by atoms with E-state index in [2.05, 4.69) is 61.9 Å². The Balaban J connectivity index is 1.29. The molecule has 6 rings (SSSR count). The Hall–Kier alpha value is -3.10. The monoisotopic (exact) mass is 506 g/mol. The number of fused-ring (bicyclic) bond motifs is 3. The van der Waals surface area contributed by atoms with Gasteiger partial charge >= 0.3 is 0 Å². The summed E-state index contributed by atoms with van der Waals surface area (Å²) in [5.41, 5.74) is 4.23. The molecule has 3 aromatic rings. The van der Waals surface area contributed by atoms with Crippen molar-refractivity contribution in [3.63, 3.8) is 0 Å². The predicted octanol–water partition coefficient (Wildman–Crippen LogP) is 4.24. The molecule has 0 spiro atoms. The fraction of sp³-hybridized carbons (Fsp3) is 0.444. The van der Waals surface area contributed by atoms with Crippen LogP contribution in [0.3, 0.4) is 0 Å². The molecule has 2 bridgehead atoms. The zero-order chi connectivity index (χ0) is 24.8. The average Bonchev–Trinajstić information content (AvgIpc) is 3.61. The fourth-order valence-electron chi connectivity index (χ4n) is 5.78. The minimum atomic E-state index is -0.146. The maximum absolute atomic E-state index is 13.1. The highest BCUT2D eigenvalue weighted by atomic mass is 35.5. The molecule has 1 saturated carbocycles. The van der Waals surface area contributed by atoms with Crippen molar-refractivity contribution in [2.75, 3.05) is 36.5 Å². The summed E-state index contributed by atoms with van der Waals surface area (Å²) in [7, 11) is 0. The number of benzene rings is 1. The van der Waals surface area contributed by atoms with Crippen molar-refractivity contribution >= 4 is 40.0 Å². The van der Waals surface area contributed by atoms with E-state index in [1.54, 1.807) is 6.20 Å². The van der Waals surface area contributed by atoms with E-state index in [1.807, 2.05) is 13.8 Å². The van der Waals surface area contributed by atoms with Crippen LogP contribution in [0.1, 0.15) is 20.3 Å². The number of hydrogen-bond donors (Lipinski definition) is 3. The second-order valence-corrected chi connectivity index (χ2v) is 10.6. The third kappa shape index (κ3) is 4.22. The summed E-state index contributed by atoms with van der Waals surface area (Å²) in [5, 5.41) is 7.22. The first kappa shape index (κ1) is 23.3. The number of aromatic nitrogens is 3. The minimum Gasteiger partial charge on any atom is -0.378 e. The van der Waals surface area contributed by atoms with Crippen LogP contribution in [0.25, 0.3) is 22.6 Å². The number of H-pyrrole nitrogens is 1. The van der Waals surface area contributed by atoms with Crippen LogP contribution in [0.15, 0.2) is 42.6 Å². The van der Waals surface area contributed by atoms with Gasteiger partial charge in [-0.15, -0.1) is 0 Å². The number of carbonyl (C=O) groups is 1. The molecule has 9 heteroatoms. The summed E-state index contributed by atoms with van der Waals surface area (Å²) in [6, 6.07) is 8.43. The smallest absolute Gasteiger partial charge is 0.225 e. The summed E-state index contributed by atoms with van der Waals surface area (Å²) >= 11 is 6.64. The molecule has 1 aromatic carbocycles. The van der Waals surface area contributed by atoms with Crippen molar-refractivity contribution in [1.29, 1.82) is 0 Å². The van der Waals surface area contributed by atoms with Crippen LogP contribution >= 0.6 is 11.6 Å². The molecule has 36 heavy (non-hydrogen) atoms. The van der Waals surface area contributed by atoms with Crippen LogP contribution in [-0.4, -0.2) is 59.2 Å². The van der Waals surface area contributed by atoms with Crippen molar-refractivity contribution < 1.29 is 9.53 Å². The van der Waals surface area contributed by atoms with Crippen molar-refractivity contribution in [3.05, 3.63) is 47.6 Å². The first-order valence-electron chi connectivity index (χ1n) is 12.7. The molecule has 2 aromatic heterocycles. The van der Waals surface area contributed by atoms with Gasteiger partial charge in [0, 0.05) is 36.4 Å². The number of imidazole rings is 1. The molecule has 4 atom stereocenters. The maximum Gasteiger partial charge on any atom is 0.225 e. The van der Waals surface area contributed by atoms with Crippen molar-refractivity contribution in [2.24, 2.45) is 17.8 Å². The molecule has 3 aliphatic rings. The Bertz CT molecular complexity index is 1300. The first-order valence-corrected chi connectivity index (χ1v) is 13.1. The number of pyridine rings is 1. The van der Waals surface area contributed by atoms with Gasteiger partial charge in [0.2, 0.25) is 5.91 Å². The number of nitrogens with zero attached hydrogens (tertiary/aromatic N) is 3. The van der Waals surface area contributed by atoms with Gasteiger partial charge in [-0.05, 0) is 56.4 Å². The molecule has 3 N–H and O–H groups in total. The number of amides is 1. The van der Waals surface area contributed by atoms with Crippen molar-refractivity contribution in [1.82, 2.24) is 20.3 Å². The van der Waals surface area contributed by atoms with Gasteiger partial charge in [0.25, 0.3) is 0 Å². The van der Waals surface area contributed by atoms with Gasteiger partial charge in [-0.1, -0.05) is 23.8 Å². The van der Waals surface area contributed by atoms with Gasteiger partial charge in [0.1, 0.15) is 11.3 Å². The van der Waals surface area contributed by atoms with Crippen molar-refractivity contribution in [2.45, 2.75) is 32.4 Å². The van der Waals surface area contributed by atoms with E-state index in [9.17, 15) is 4.79 Å². The number of hydrogen-bond acceptors (Lipinski definition) is 6. The Morgan fingerprint density at radius 1 is 1.17 bits per heavy atom. The van der Waals surface area contributed by atoms with Gasteiger partial charge in [-0.25, -0.2) is 9.97 Å². The molecule has 1 aliphatic heterocycles. The molecule has 1 amide bonds. The van der Waals surface area contributed by atoms with Crippen LogP contribution in [0, 0.1) is 17.8 Å². The zero-order valence-corrected chi connectivity index (χ0v) is 21.3. The molecule has 188 valence electrons. The lowest BCUT2D eigenvalue weighted by Crippen LogP contribution is -2.45. The molecule has 2 aliphatic carbocycles. The SMILES string of the molecule is CC(C)NC(=O)[C@@H]1[C@H](Nc2c(Cl)cnc3[nH]c(-c4ccc(N5CCOCC5)cc4)nc23)[C@H]2C=C[C@@H]1C2. The van der Waals surface area contributed by atoms with Crippen LogP contribution in [-0.2, 0) is 9.53 Å². The topological polar surface area (TPSA) is 95.2 Å². The largest absolute Gasteiger partial charge is 0.378 e. The van der Waals surface area contributed by atoms with E-state index in [1.165, 1.54) is 5.69 Å². The summed E-state index contributed by atoms with van der Waals surface area (Å²) in [5.74, 6) is 1.19. The van der Waals surface area contributed by atoms with E-state index >= 15 is 0 Å². The van der Waals surface area contributed by atoms with Crippen molar-refractivity contribution in [3.8, 4) is 11.4 Å². The second kappa shape index (κ2) is 9.41. The lowest BCUT2D eigenvalue weighted by atomic mass is 9.87. The number of carbonyl (C=O) groups excluding carboxylic acids is 1. The number of allylic oxidation sites excluding steroid dienone is 1. The van der Waals surface area contributed by atoms with E-state index in [4.69, 9.17) is 21.3 Å². The van der Waals surface area contributed by atoms with Gasteiger partial charge in [0.15, 0.2) is 5.65 Å². The Kier molecular flexibility index (Phi) is 6.09. The lowest BCUT2D eigenvalue weighted by Gasteiger charge is -2.29. The lowest BCUT2D eigenvalue weighted by molar-refractivity contribution is -0.126. The Morgan fingerprint density at radius 2 is 1.92 bits per heavy atom. The van der Waals surface area contributed by atoms with Crippen LogP contribution in [0.5, 0.6) is 0 Å². The molecule has 0 unspecified atom stereocenters. The molecule has 1 saturated heterocycles. The first-order chi connectivity index (χ1) is 17.5. The number of aromatic amines is 1. The van der Waals surface area contributed by atoms with Gasteiger partial charge in [-0.3, -0.25) is 4.79 Å². The summed E-state index contributed by atoms with van der Waals surface area (Å²) in [4.78, 5) is 28.1. The summed E-state index contributed by atoms with van der Waals surface area (Å²) in [6.07, 6.45) is 7.02. The normalized spacial score (nSPS) is 25.2. The molecule has 0 radical (unpaired) electrons. The Morgan fingerprint density at radius 3 is 2.67 bits per heavy atom. The predicted molar refractivity (Wildman–Crippen MR) is 142 cm³/mol. The van der Waals surface area contributed by atoms with E-state index < -0.39 is 0 Å². The fourth-order valence-corrected chi connectivity index (χ4v) is 5.97. The molecule has 8 nitrogen and oxygen atoms in total. The Labute approximate surface area is 215 Å². The zero-order valence-electron chi connectivity index (χ0n) is 20.5. The minimum absolute atomic E-state index is 0.0465. The highest BCUT2D eigenvalue weighted by Gasteiger charge is 2.48. The third-order valence-corrected chi connectivity index (χ3v) is 7.77. The van der Waals surface area contributed by atoms with Crippen LogP contribution < -0.4 is 15.5 Å². The van der Waals surface area contributed by atoms with Crippen LogP contribution in [0.2, 0.25) is 5.02 Å².